The number of carbonyl (C=O) groups is 3. The van der Waals surface area contributed by atoms with Crippen molar-refractivity contribution in [2.75, 3.05) is 18.6 Å². The number of carbonyl (C=O) groups excluding carboxylic acids is 3. The number of nitrogens with zero attached hydrogens (tertiary/aromatic N) is 1. The number of hydrogen-bond donors (Lipinski definition) is 0. The van der Waals surface area contributed by atoms with Crippen molar-refractivity contribution in [3.8, 4) is 0 Å². The molecule has 0 unspecified atom stereocenters. The highest BCUT2D eigenvalue weighted by molar-refractivity contribution is 6.04. The van der Waals surface area contributed by atoms with E-state index in [9.17, 15) is 14.4 Å². The summed E-state index contributed by atoms with van der Waals surface area (Å²) in [6.07, 6.45) is 0.613. The molecule has 0 heterocycles. The lowest BCUT2D eigenvalue weighted by Crippen LogP contribution is -2.20. The summed E-state index contributed by atoms with van der Waals surface area (Å²) < 4.78 is 5.02. The predicted octanol–water partition coefficient (Wildman–Crippen LogP) is 2.32. The summed E-state index contributed by atoms with van der Waals surface area (Å²) in [6.45, 7) is -0.378. The van der Waals surface area contributed by atoms with Crippen LogP contribution >= 0.6 is 0 Å². The van der Waals surface area contributed by atoms with Crippen LogP contribution in [-0.2, 0) is 9.53 Å². The second-order valence-electron chi connectivity index (χ2n) is 4.60. The minimum absolute atomic E-state index is 0.331. The fourth-order valence-electron chi connectivity index (χ4n) is 1.94. The molecule has 2 rings (SSSR count). The summed E-state index contributed by atoms with van der Waals surface area (Å²) in [7, 11) is 1.55. The van der Waals surface area contributed by atoms with Crippen LogP contribution in [0.5, 0.6) is 0 Å². The summed E-state index contributed by atoms with van der Waals surface area (Å²) in [5.74, 6) is -0.927. The van der Waals surface area contributed by atoms with Gasteiger partial charge in [0, 0.05) is 12.6 Å². The molecule has 0 aliphatic heterocycles. The first-order valence-electron chi connectivity index (χ1n) is 6.66. The van der Waals surface area contributed by atoms with Crippen LogP contribution in [-0.4, -0.2) is 31.8 Å². The molecule has 0 saturated heterocycles. The van der Waals surface area contributed by atoms with Gasteiger partial charge in [0.25, 0.3) is 0 Å². The largest absolute Gasteiger partial charge is 0.454 e. The van der Waals surface area contributed by atoms with Crippen molar-refractivity contribution in [1.82, 2.24) is 0 Å². The number of Topliss-reactive ketones (excluding diaryl/α,β-unsaturated/α-hetero) is 1. The van der Waals surface area contributed by atoms with Gasteiger partial charge < -0.3 is 9.64 Å². The molecular formula is C17H15NO4. The maximum atomic E-state index is 12.2. The van der Waals surface area contributed by atoms with Gasteiger partial charge in [-0.15, -0.1) is 0 Å². The van der Waals surface area contributed by atoms with Gasteiger partial charge in [0.15, 0.2) is 6.61 Å². The number of rotatable bonds is 6. The van der Waals surface area contributed by atoms with Crippen LogP contribution < -0.4 is 4.90 Å². The van der Waals surface area contributed by atoms with E-state index in [4.69, 9.17) is 4.74 Å². The predicted molar refractivity (Wildman–Crippen MR) is 82.0 cm³/mol. The van der Waals surface area contributed by atoms with E-state index in [-0.39, 0.29) is 12.4 Å². The van der Waals surface area contributed by atoms with Crippen molar-refractivity contribution in [2.24, 2.45) is 0 Å². The summed E-state index contributed by atoms with van der Waals surface area (Å²) in [6, 6.07) is 15.1. The Kier molecular flexibility index (Phi) is 5.03. The lowest BCUT2D eigenvalue weighted by Gasteiger charge is -2.15. The Bertz CT molecular complexity index is 682. The van der Waals surface area contributed by atoms with Gasteiger partial charge in [0.2, 0.25) is 12.2 Å². The van der Waals surface area contributed by atoms with Crippen molar-refractivity contribution in [3.63, 3.8) is 0 Å². The third kappa shape index (κ3) is 3.58. The van der Waals surface area contributed by atoms with Gasteiger partial charge in [-0.25, -0.2) is 4.79 Å². The van der Waals surface area contributed by atoms with Crippen LogP contribution in [0.1, 0.15) is 20.7 Å². The average molecular weight is 297 g/mol. The smallest absolute Gasteiger partial charge is 0.338 e. The van der Waals surface area contributed by atoms with E-state index in [0.29, 0.717) is 23.2 Å². The Balaban J connectivity index is 2.07. The van der Waals surface area contributed by atoms with Gasteiger partial charge >= 0.3 is 5.97 Å². The molecule has 0 atom stereocenters. The number of esters is 1. The van der Waals surface area contributed by atoms with E-state index >= 15 is 0 Å². The maximum Gasteiger partial charge on any atom is 0.338 e. The number of anilines is 1. The molecule has 112 valence electrons. The molecule has 0 N–H and O–H groups in total. The number of ether oxygens (including phenoxy) is 1. The fourth-order valence-corrected chi connectivity index (χ4v) is 1.94. The summed E-state index contributed by atoms with van der Waals surface area (Å²) in [4.78, 5) is 36.2. The average Bonchev–Trinajstić information content (AvgIpc) is 2.59. The van der Waals surface area contributed by atoms with Crippen molar-refractivity contribution in [2.45, 2.75) is 0 Å². The van der Waals surface area contributed by atoms with E-state index in [0.717, 1.165) is 0 Å². The lowest BCUT2D eigenvalue weighted by molar-refractivity contribution is -0.107. The highest BCUT2D eigenvalue weighted by Gasteiger charge is 2.16. The van der Waals surface area contributed by atoms with Gasteiger partial charge in [0.1, 0.15) is 0 Å². The zero-order valence-electron chi connectivity index (χ0n) is 12.1. The maximum absolute atomic E-state index is 12.2. The standard InChI is InChI=1S/C17H15NO4/c1-18(12-19)15-10-6-5-9-14(15)16(20)11-22-17(21)13-7-3-2-4-8-13/h2-10,12H,11H2,1H3. The third-order valence-electron chi connectivity index (χ3n) is 3.09. The molecule has 0 aromatic heterocycles. The molecule has 1 amide bonds. The monoisotopic (exact) mass is 297 g/mol. The van der Waals surface area contributed by atoms with Crippen molar-refractivity contribution >= 4 is 23.9 Å². The van der Waals surface area contributed by atoms with Gasteiger partial charge in [-0.1, -0.05) is 30.3 Å². The Hall–Kier alpha value is -2.95. The van der Waals surface area contributed by atoms with Crippen LogP contribution in [0.3, 0.4) is 0 Å². The lowest BCUT2D eigenvalue weighted by atomic mass is 10.1. The molecule has 2 aromatic rings. The van der Waals surface area contributed by atoms with Crippen LogP contribution in [0.25, 0.3) is 0 Å². The van der Waals surface area contributed by atoms with Crippen LogP contribution in [0.15, 0.2) is 54.6 Å². The third-order valence-corrected chi connectivity index (χ3v) is 3.09. The van der Waals surface area contributed by atoms with Crippen molar-refractivity contribution in [1.29, 1.82) is 0 Å². The van der Waals surface area contributed by atoms with E-state index in [1.165, 1.54) is 4.90 Å². The molecule has 22 heavy (non-hydrogen) atoms. The minimum atomic E-state index is -0.560. The van der Waals surface area contributed by atoms with Crippen LogP contribution in [0, 0.1) is 0 Å². The molecule has 0 spiro atoms. The highest BCUT2D eigenvalue weighted by atomic mass is 16.5. The molecule has 0 bridgehead atoms. The Morgan fingerprint density at radius 1 is 1.05 bits per heavy atom. The number of ketones is 1. The van der Waals surface area contributed by atoms with Crippen LogP contribution in [0.4, 0.5) is 5.69 Å². The van der Waals surface area contributed by atoms with Gasteiger partial charge in [0.05, 0.1) is 11.3 Å². The van der Waals surface area contributed by atoms with Crippen molar-refractivity contribution in [3.05, 3.63) is 65.7 Å². The zero-order chi connectivity index (χ0) is 15.9. The first-order valence-corrected chi connectivity index (χ1v) is 6.66. The molecule has 0 aliphatic rings. The molecular weight excluding hydrogens is 282 g/mol. The summed E-state index contributed by atoms with van der Waals surface area (Å²) in [5.41, 5.74) is 1.19. The number of hydrogen-bond acceptors (Lipinski definition) is 4. The Labute approximate surface area is 128 Å². The second-order valence-corrected chi connectivity index (χ2v) is 4.60. The number of benzene rings is 2. The molecule has 0 radical (unpaired) electrons. The topological polar surface area (TPSA) is 63.7 Å². The van der Waals surface area contributed by atoms with Crippen LogP contribution in [0.2, 0.25) is 0 Å². The zero-order valence-corrected chi connectivity index (χ0v) is 12.1. The molecule has 5 heteroatoms. The second kappa shape index (κ2) is 7.17. The molecule has 0 fully saturated rings. The van der Waals surface area contributed by atoms with Gasteiger partial charge in [-0.05, 0) is 24.3 Å². The van der Waals surface area contributed by atoms with E-state index < -0.39 is 5.97 Å². The SMILES string of the molecule is CN(C=O)c1ccccc1C(=O)COC(=O)c1ccccc1. The van der Waals surface area contributed by atoms with Gasteiger partial charge in [-0.3, -0.25) is 9.59 Å². The molecule has 5 nitrogen and oxygen atoms in total. The summed E-state index contributed by atoms with van der Waals surface area (Å²) >= 11 is 0. The molecule has 0 aliphatic carbocycles. The fraction of sp³-hybridized carbons (Fsp3) is 0.118. The quantitative estimate of drug-likeness (QED) is 0.466. The summed E-state index contributed by atoms with van der Waals surface area (Å²) in [5, 5.41) is 0. The Morgan fingerprint density at radius 2 is 1.68 bits per heavy atom. The molecule has 0 saturated carbocycles. The first-order chi connectivity index (χ1) is 10.6. The van der Waals surface area contributed by atoms with E-state index in [1.807, 2.05) is 0 Å². The van der Waals surface area contributed by atoms with Gasteiger partial charge in [-0.2, -0.15) is 0 Å². The van der Waals surface area contributed by atoms with E-state index in [2.05, 4.69) is 0 Å². The molecule has 2 aromatic carbocycles. The number of amides is 1. The first kappa shape index (κ1) is 15.4. The normalized spacial score (nSPS) is 9.86. The van der Waals surface area contributed by atoms with E-state index in [1.54, 1.807) is 61.6 Å². The number of para-hydroxylation sites is 1. The highest BCUT2D eigenvalue weighted by Crippen LogP contribution is 2.18. The Morgan fingerprint density at radius 3 is 2.36 bits per heavy atom. The van der Waals surface area contributed by atoms with Crippen molar-refractivity contribution < 1.29 is 19.1 Å². The minimum Gasteiger partial charge on any atom is -0.454 e.